The van der Waals surface area contributed by atoms with E-state index in [4.69, 9.17) is 10.2 Å². The molecule has 1 heterocycles. The van der Waals surface area contributed by atoms with Gasteiger partial charge in [-0.1, -0.05) is 0 Å². The smallest absolute Gasteiger partial charge is 0.326 e. The summed E-state index contributed by atoms with van der Waals surface area (Å²) in [5.74, 6) is -5.87. The van der Waals surface area contributed by atoms with Gasteiger partial charge in [-0.15, -0.1) is 0 Å². The normalized spacial score (nSPS) is 12.3. The molecule has 3 amide bonds. The van der Waals surface area contributed by atoms with Gasteiger partial charge < -0.3 is 31.3 Å². The minimum Gasteiger partial charge on any atom is -0.481 e. The number of carboxylic acids is 3. The van der Waals surface area contributed by atoms with Crippen molar-refractivity contribution in [3.63, 3.8) is 0 Å². The number of unbranched alkanes of at least 4 members (excludes halogenated alkanes) is 1. The maximum absolute atomic E-state index is 13.3. The first-order chi connectivity index (χ1) is 14.6. The molecule has 0 fully saturated rings. The van der Waals surface area contributed by atoms with Gasteiger partial charge in [0.25, 0.3) is 5.91 Å². The lowest BCUT2D eigenvalue weighted by atomic mass is 10.1. The SMILES string of the molecule is O=C(O)CC[C@H](NC(=O)N[C@@H](CCCCNC(=O)c1nccnc1F)C(=O)O)C(=O)O. The summed E-state index contributed by atoms with van der Waals surface area (Å²) in [6, 6.07) is -3.92. The number of halogens is 1. The molecule has 0 aliphatic heterocycles. The van der Waals surface area contributed by atoms with Crippen LogP contribution in [0.25, 0.3) is 0 Å². The van der Waals surface area contributed by atoms with Crippen molar-refractivity contribution in [2.24, 2.45) is 0 Å². The van der Waals surface area contributed by atoms with E-state index in [1.165, 1.54) is 0 Å². The zero-order valence-electron chi connectivity index (χ0n) is 16.2. The van der Waals surface area contributed by atoms with Crippen molar-refractivity contribution in [2.45, 2.75) is 44.2 Å². The Balaban J connectivity index is 2.43. The van der Waals surface area contributed by atoms with Gasteiger partial charge in [-0.2, -0.15) is 4.39 Å². The second-order valence-corrected chi connectivity index (χ2v) is 6.28. The molecule has 31 heavy (non-hydrogen) atoms. The standard InChI is InChI=1S/C17H22FN5O8/c18-13-12(19-7-8-20-13)14(26)21-6-2-1-3-9(15(27)28)22-17(31)23-10(16(29)30)4-5-11(24)25/h7-10H,1-6H2,(H,21,26)(H,24,25)(H,27,28)(H,29,30)(H2,22,23,31)/t9-,10-/m0/s1. The van der Waals surface area contributed by atoms with Crippen LogP contribution in [-0.4, -0.2) is 73.8 Å². The van der Waals surface area contributed by atoms with E-state index in [9.17, 15) is 33.5 Å². The topological polar surface area (TPSA) is 208 Å². The quantitative estimate of drug-likeness (QED) is 0.217. The minimum atomic E-state index is -1.50. The summed E-state index contributed by atoms with van der Waals surface area (Å²) < 4.78 is 13.3. The molecular formula is C17H22FN5O8. The van der Waals surface area contributed by atoms with E-state index in [0.29, 0.717) is 6.42 Å². The third-order valence-electron chi connectivity index (χ3n) is 3.93. The van der Waals surface area contributed by atoms with Gasteiger partial charge in [0.2, 0.25) is 5.95 Å². The van der Waals surface area contributed by atoms with Gasteiger partial charge in [0, 0.05) is 25.4 Å². The van der Waals surface area contributed by atoms with Crippen molar-refractivity contribution < 1.29 is 43.7 Å². The number of nitrogens with zero attached hydrogens (tertiary/aromatic N) is 2. The van der Waals surface area contributed by atoms with Gasteiger partial charge in [-0.25, -0.2) is 24.4 Å². The molecule has 0 saturated heterocycles. The highest BCUT2D eigenvalue weighted by Gasteiger charge is 2.24. The summed E-state index contributed by atoms with van der Waals surface area (Å²) in [4.78, 5) is 63.4. The van der Waals surface area contributed by atoms with Crippen LogP contribution in [0.4, 0.5) is 9.18 Å². The summed E-state index contributed by atoms with van der Waals surface area (Å²) in [7, 11) is 0. The molecule has 1 aromatic heterocycles. The van der Waals surface area contributed by atoms with Crippen molar-refractivity contribution >= 4 is 29.8 Å². The lowest BCUT2D eigenvalue weighted by Gasteiger charge is -2.18. The highest BCUT2D eigenvalue weighted by atomic mass is 19.1. The predicted octanol–water partition coefficient (Wildman–Crippen LogP) is -0.414. The number of aromatic nitrogens is 2. The summed E-state index contributed by atoms with van der Waals surface area (Å²) in [5, 5.41) is 33.3. The van der Waals surface area contributed by atoms with Crippen LogP contribution in [0.3, 0.4) is 0 Å². The van der Waals surface area contributed by atoms with Gasteiger partial charge in [0.05, 0.1) is 0 Å². The van der Waals surface area contributed by atoms with Crippen molar-refractivity contribution in [1.29, 1.82) is 0 Å². The second-order valence-electron chi connectivity index (χ2n) is 6.28. The van der Waals surface area contributed by atoms with Crippen LogP contribution >= 0.6 is 0 Å². The van der Waals surface area contributed by atoms with E-state index in [0.717, 1.165) is 12.4 Å². The van der Waals surface area contributed by atoms with Crippen LogP contribution < -0.4 is 16.0 Å². The lowest BCUT2D eigenvalue weighted by molar-refractivity contribution is -0.140. The number of carboxylic acid groups (broad SMARTS) is 3. The number of amides is 3. The zero-order chi connectivity index (χ0) is 23.4. The van der Waals surface area contributed by atoms with E-state index in [2.05, 4.69) is 20.6 Å². The van der Waals surface area contributed by atoms with Crippen LogP contribution in [-0.2, 0) is 14.4 Å². The Hall–Kier alpha value is -3.84. The molecular weight excluding hydrogens is 421 g/mol. The fraction of sp³-hybridized carbons (Fsp3) is 0.471. The first-order valence-electron chi connectivity index (χ1n) is 9.11. The molecule has 13 nitrogen and oxygen atoms in total. The summed E-state index contributed by atoms with van der Waals surface area (Å²) in [5.41, 5.74) is -0.472. The Kier molecular flexibility index (Phi) is 10.3. The van der Waals surface area contributed by atoms with Crippen molar-refractivity contribution in [3.05, 3.63) is 24.0 Å². The summed E-state index contributed by atoms with van der Waals surface area (Å²) in [6.45, 7) is 0.0870. The largest absolute Gasteiger partial charge is 0.481 e. The van der Waals surface area contributed by atoms with Gasteiger partial charge >= 0.3 is 23.9 Å². The molecule has 170 valence electrons. The van der Waals surface area contributed by atoms with E-state index >= 15 is 0 Å². The van der Waals surface area contributed by atoms with Gasteiger partial charge in [0.15, 0.2) is 5.69 Å². The monoisotopic (exact) mass is 443 g/mol. The van der Waals surface area contributed by atoms with E-state index in [1.54, 1.807) is 0 Å². The Morgan fingerprint density at radius 1 is 0.903 bits per heavy atom. The average molecular weight is 443 g/mol. The molecule has 0 aromatic carbocycles. The molecule has 1 aromatic rings. The molecule has 0 bridgehead atoms. The highest BCUT2D eigenvalue weighted by Crippen LogP contribution is 2.04. The molecule has 0 saturated carbocycles. The van der Waals surface area contributed by atoms with Gasteiger partial charge in [-0.3, -0.25) is 9.59 Å². The summed E-state index contributed by atoms with van der Waals surface area (Å²) >= 11 is 0. The van der Waals surface area contributed by atoms with Gasteiger partial charge in [-0.05, 0) is 25.7 Å². The van der Waals surface area contributed by atoms with Crippen molar-refractivity contribution in [3.8, 4) is 0 Å². The molecule has 0 aliphatic carbocycles. The third kappa shape index (κ3) is 9.47. The minimum absolute atomic E-state index is 0.0367. The van der Waals surface area contributed by atoms with Crippen molar-refractivity contribution in [1.82, 2.24) is 25.9 Å². The first-order valence-corrected chi connectivity index (χ1v) is 9.11. The maximum Gasteiger partial charge on any atom is 0.326 e. The fourth-order valence-electron chi connectivity index (χ4n) is 2.37. The first kappa shape index (κ1) is 25.2. The lowest BCUT2D eigenvalue weighted by Crippen LogP contribution is -2.51. The van der Waals surface area contributed by atoms with Crippen LogP contribution in [0.15, 0.2) is 12.4 Å². The van der Waals surface area contributed by atoms with Crippen LogP contribution in [0.1, 0.15) is 42.6 Å². The predicted molar refractivity (Wildman–Crippen MR) is 99.6 cm³/mol. The third-order valence-corrected chi connectivity index (χ3v) is 3.93. The van der Waals surface area contributed by atoms with Gasteiger partial charge in [0.1, 0.15) is 12.1 Å². The van der Waals surface area contributed by atoms with Crippen molar-refractivity contribution in [2.75, 3.05) is 6.54 Å². The molecule has 0 aliphatic rings. The Morgan fingerprint density at radius 3 is 2.03 bits per heavy atom. The van der Waals surface area contributed by atoms with Crippen LogP contribution in [0, 0.1) is 5.95 Å². The molecule has 2 atom stereocenters. The molecule has 0 spiro atoms. The van der Waals surface area contributed by atoms with E-state index in [1.807, 2.05) is 5.32 Å². The number of aliphatic carboxylic acids is 3. The number of rotatable bonds is 13. The fourth-order valence-corrected chi connectivity index (χ4v) is 2.37. The Bertz CT molecular complexity index is 821. The zero-order valence-corrected chi connectivity index (χ0v) is 16.2. The highest BCUT2D eigenvalue weighted by molar-refractivity contribution is 5.92. The number of carbonyl (C=O) groups excluding carboxylic acids is 2. The number of nitrogens with one attached hydrogen (secondary N) is 3. The number of urea groups is 1. The molecule has 1 rings (SSSR count). The molecule has 14 heteroatoms. The second kappa shape index (κ2) is 12.7. The molecule has 0 unspecified atom stereocenters. The molecule has 0 radical (unpaired) electrons. The number of hydrogen-bond acceptors (Lipinski definition) is 7. The Morgan fingerprint density at radius 2 is 1.48 bits per heavy atom. The maximum atomic E-state index is 13.3. The van der Waals surface area contributed by atoms with Crippen LogP contribution in [0.5, 0.6) is 0 Å². The Labute approximate surface area is 175 Å². The number of carbonyl (C=O) groups is 5. The average Bonchev–Trinajstić information content (AvgIpc) is 2.69. The van der Waals surface area contributed by atoms with E-state index in [-0.39, 0.29) is 25.8 Å². The summed E-state index contributed by atoms with van der Waals surface area (Å²) in [6.07, 6.45) is 1.89. The number of hydrogen-bond donors (Lipinski definition) is 6. The van der Waals surface area contributed by atoms with Crippen LogP contribution in [0.2, 0.25) is 0 Å². The van der Waals surface area contributed by atoms with E-state index < -0.39 is 60.0 Å². The molecule has 6 N–H and O–H groups in total.